The van der Waals surface area contributed by atoms with Crippen molar-refractivity contribution in [3.05, 3.63) is 78.1 Å². The number of carbonyl (C=O) groups excluding carboxylic acids is 1. The van der Waals surface area contributed by atoms with Crippen LogP contribution in [0.25, 0.3) is 22.6 Å². The molecule has 0 spiro atoms. The highest BCUT2D eigenvalue weighted by Crippen LogP contribution is 2.29. The van der Waals surface area contributed by atoms with Crippen LogP contribution in [0.5, 0.6) is 0 Å². The van der Waals surface area contributed by atoms with E-state index in [1.807, 2.05) is 30.3 Å². The van der Waals surface area contributed by atoms with E-state index in [0.717, 1.165) is 11.1 Å². The largest absolute Gasteiger partial charge is 0.339 e. The molecule has 0 aliphatic carbocycles. The van der Waals surface area contributed by atoms with Gasteiger partial charge in [-0.05, 0) is 30.3 Å². The second-order valence-corrected chi connectivity index (χ2v) is 7.27. The second-order valence-electron chi connectivity index (χ2n) is 7.27. The summed E-state index contributed by atoms with van der Waals surface area (Å²) in [4.78, 5) is 19.1. The monoisotopic (exact) mass is 403 g/mol. The number of hydrogen-bond acceptors (Lipinski definition) is 5. The molecule has 3 heterocycles. The van der Waals surface area contributed by atoms with E-state index in [0.29, 0.717) is 36.2 Å². The number of amides is 1. The standard InChI is InChI=1S/C22H18FN5O2/c1-27-19(11-18(25-27)14-7-9-17(23)10-8-14)22(29)28-12-16(13-28)21-24-20(26-30-21)15-5-3-2-4-6-15/h2-11,16H,12-13H2,1H3. The van der Waals surface area contributed by atoms with Crippen LogP contribution in [0.2, 0.25) is 0 Å². The van der Waals surface area contributed by atoms with Gasteiger partial charge in [0.15, 0.2) is 0 Å². The lowest BCUT2D eigenvalue weighted by Crippen LogP contribution is -2.49. The summed E-state index contributed by atoms with van der Waals surface area (Å²) in [5.74, 6) is 0.677. The second kappa shape index (κ2) is 7.22. The van der Waals surface area contributed by atoms with Crippen LogP contribution in [0, 0.1) is 5.82 Å². The fourth-order valence-electron chi connectivity index (χ4n) is 3.50. The molecule has 2 aromatic carbocycles. The molecule has 1 aliphatic heterocycles. The van der Waals surface area contributed by atoms with Gasteiger partial charge in [-0.25, -0.2) is 4.39 Å². The van der Waals surface area contributed by atoms with Crippen LogP contribution >= 0.6 is 0 Å². The van der Waals surface area contributed by atoms with Crippen LogP contribution in [0.4, 0.5) is 4.39 Å². The molecule has 5 rings (SSSR count). The number of rotatable bonds is 4. The number of aromatic nitrogens is 4. The first-order chi connectivity index (χ1) is 14.6. The van der Waals surface area contributed by atoms with Crippen LogP contribution in [0.3, 0.4) is 0 Å². The van der Waals surface area contributed by atoms with Gasteiger partial charge in [-0.1, -0.05) is 35.5 Å². The lowest BCUT2D eigenvalue weighted by Gasteiger charge is -2.36. The molecule has 1 amide bonds. The molecule has 8 heteroatoms. The highest BCUT2D eigenvalue weighted by molar-refractivity contribution is 5.94. The average Bonchev–Trinajstić information content (AvgIpc) is 3.35. The zero-order valence-corrected chi connectivity index (χ0v) is 16.2. The Morgan fingerprint density at radius 1 is 1.07 bits per heavy atom. The molecule has 0 radical (unpaired) electrons. The van der Waals surface area contributed by atoms with Crippen molar-refractivity contribution in [2.75, 3.05) is 13.1 Å². The van der Waals surface area contributed by atoms with E-state index in [4.69, 9.17) is 4.52 Å². The molecule has 7 nitrogen and oxygen atoms in total. The Kier molecular flexibility index (Phi) is 4.39. The Morgan fingerprint density at radius 2 is 1.80 bits per heavy atom. The van der Waals surface area contributed by atoms with Crippen molar-refractivity contribution in [1.29, 1.82) is 0 Å². The van der Waals surface area contributed by atoms with Gasteiger partial charge in [-0.2, -0.15) is 10.1 Å². The van der Waals surface area contributed by atoms with E-state index < -0.39 is 0 Å². The smallest absolute Gasteiger partial charge is 0.272 e. The summed E-state index contributed by atoms with van der Waals surface area (Å²) >= 11 is 0. The van der Waals surface area contributed by atoms with E-state index in [9.17, 15) is 9.18 Å². The molecule has 0 unspecified atom stereocenters. The van der Waals surface area contributed by atoms with Crippen LogP contribution in [-0.2, 0) is 7.05 Å². The number of halogens is 1. The van der Waals surface area contributed by atoms with Crippen molar-refractivity contribution in [2.45, 2.75) is 5.92 Å². The minimum absolute atomic E-state index is 0.0173. The molecule has 0 N–H and O–H groups in total. The highest BCUT2D eigenvalue weighted by atomic mass is 19.1. The van der Waals surface area contributed by atoms with Crippen LogP contribution in [0.15, 0.2) is 65.2 Å². The third-order valence-corrected chi connectivity index (χ3v) is 5.23. The predicted octanol–water partition coefficient (Wildman–Crippen LogP) is 3.52. The lowest BCUT2D eigenvalue weighted by atomic mass is 9.99. The molecule has 0 bridgehead atoms. The van der Waals surface area contributed by atoms with Gasteiger partial charge in [0.1, 0.15) is 11.5 Å². The Hall–Kier alpha value is -3.81. The Bertz CT molecular complexity index is 1190. The first-order valence-corrected chi connectivity index (χ1v) is 9.57. The number of likely N-dealkylation sites (tertiary alicyclic amines) is 1. The number of hydrogen-bond donors (Lipinski definition) is 0. The van der Waals surface area contributed by atoms with Gasteiger partial charge in [0.25, 0.3) is 5.91 Å². The lowest BCUT2D eigenvalue weighted by molar-refractivity contribution is 0.0558. The topological polar surface area (TPSA) is 77.1 Å². The summed E-state index contributed by atoms with van der Waals surface area (Å²) in [6.07, 6.45) is 0. The van der Waals surface area contributed by atoms with Crippen molar-refractivity contribution in [3.63, 3.8) is 0 Å². The van der Waals surface area contributed by atoms with Crippen molar-refractivity contribution < 1.29 is 13.7 Å². The fraction of sp³-hybridized carbons (Fsp3) is 0.182. The molecular formula is C22H18FN5O2. The first kappa shape index (κ1) is 18.2. The van der Waals surface area contributed by atoms with E-state index >= 15 is 0 Å². The van der Waals surface area contributed by atoms with Crippen molar-refractivity contribution in [3.8, 4) is 22.6 Å². The predicted molar refractivity (Wildman–Crippen MR) is 107 cm³/mol. The van der Waals surface area contributed by atoms with Gasteiger partial charge in [-0.3, -0.25) is 9.48 Å². The molecule has 150 valence electrons. The van der Waals surface area contributed by atoms with Crippen molar-refractivity contribution >= 4 is 5.91 Å². The summed E-state index contributed by atoms with van der Waals surface area (Å²) < 4.78 is 20.1. The number of carbonyl (C=O) groups is 1. The maximum atomic E-state index is 13.1. The molecule has 30 heavy (non-hydrogen) atoms. The molecule has 0 atom stereocenters. The Morgan fingerprint density at radius 3 is 2.53 bits per heavy atom. The first-order valence-electron chi connectivity index (χ1n) is 9.57. The summed E-state index contributed by atoms with van der Waals surface area (Å²) in [5, 5.41) is 8.44. The number of benzene rings is 2. The fourth-order valence-corrected chi connectivity index (χ4v) is 3.50. The molecule has 4 aromatic rings. The van der Waals surface area contributed by atoms with E-state index in [2.05, 4.69) is 15.2 Å². The maximum Gasteiger partial charge on any atom is 0.272 e. The quantitative estimate of drug-likeness (QED) is 0.521. The van der Waals surface area contributed by atoms with Crippen molar-refractivity contribution in [1.82, 2.24) is 24.8 Å². The zero-order valence-electron chi connectivity index (χ0n) is 16.2. The normalized spacial score (nSPS) is 14.0. The number of aryl methyl sites for hydroxylation is 1. The average molecular weight is 403 g/mol. The Labute approximate surface area is 171 Å². The van der Waals surface area contributed by atoms with Crippen molar-refractivity contribution in [2.24, 2.45) is 7.05 Å². The third-order valence-electron chi connectivity index (χ3n) is 5.23. The summed E-state index contributed by atoms with van der Waals surface area (Å²) in [6, 6.07) is 17.4. The van der Waals surface area contributed by atoms with Crippen LogP contribution in [-0.4, -0.2) is 43.8 Å². The third kappa shape index (κ3) is 3.26. The molecule has 2 aromatic heterocycles. The van der Waals surface area contributed by atoms with E-state index in [1.165, 1.54) is 12.1 Å². The Balaban J connectivity index is 1.27. The van der Waals surface area contributed by atoms with Gasteiger partial charge in [0, 0.05) is 31.3 Å². The SMILES string of the molecule is Cn1nc(-c2ccc(F)cc2)cc1C(=O)N1CC(c2nc(-c3ccccc3)no2)C1. The van der Waals surface area contributed by atoms with Crippen LogP contribution in [0.1, 0.15) is 22.3 Å². The van der Waals surface area contributed by atoms with Gasteiger partial charge in [0.2, 0.25) is 11.7 Å². The molecular weight excluding hydrogens is 385 g/mol. The molecule has 0 saturated carbocycles. The highest BCUT2D eigenvalue weighted by Gasteiger charge is 2.37. The zero-order chi connectivity index (χ0) is 20.7. The summed E-state index contributed by atoms with van der Waals surface area (Å²) in [5.41, 5.74) is 2.75. The maximum absolute atomic E-state index is 13.1. The summed E-state index contributed by atoms with van der Waals surface area (Å²) in [6.45, 7) is 1.01. The minimum atomic E-state index is -0.311. The van der Waals surface area contributed by atoms with Gasteiger partial charge < -0.3 is 9.42 Å². The molecule has 1 aliphatic rings. The van der Waals surface area contributed by atoms with E-state index in [-0.39, 0.29) is 17.6 Å². The van der Waals surface area contributed by atoms with Gasteiger partial charge >= 0.3 is 0 Å². The molecule has 1 fully saturated rings. The summed E-state index contributed by atoms with van der Waals surface area (Å²) in [7, 11) is 1.72. The van der Waals surface area contributed by atoms with Gasteiger partial charge in [0.05, 0.1) is 11.6 Å². The minimum Gasteiger partial charge on any atom is -0.339 e. The van der Waals surface area contributed by atoms with E-state index in [1.54, 1.807) is 34.8 Å². The molecule has 1 saturated heterocycles. The number of nitrogens with zero attached hydrogens (tertiary/aromatic N) is 5. The van der Waals surface area contributed by atoms with Crippen LogP contribution < -0.4 is 0 Å². The van der Waals surface area contributed by atoms with Gasteiger partial charge in [-0.15, -0.1) is 0 Å².